The zero-order chi connectivity index (χ0) is 15.8. The number of benzene rings is 1. The van der Waals surface area contributed by atoms with Crippen LogP contribution in [0, 0.1) is 11.2 Å². The molecule has 1 aromatic rings. The Bertz CT molecular complexity index is 647. The molecule has 1 aromatic carbocycles. The van der Waals surface area contributed by atoms with E-state index in [1.807, 2.05) is 13.8 Å². The van der Waals surface area contributed by atoms with Gasteiger partial charge in [0.15, 0.2) is 0 Å². The zero-order valence-corrected chi connectivity index (χ0v) is 13.8. The zero-order valence-electron chi connectivity index (χ0n) is 12.2. The average Bonchev–Trinajstić information content (AvgIpc) is 2.39. The molecule has 1 aliphatic rings. The fourth-order valence-electron chi connectivity index (χ4n) is 2.67. The minimum atomic E-state index is -3.90. The lowest BCUT2D eigenvalue weighted by molar-refractivity contribution is 0.186. The SMILES string of the molecule is CC1(C)CCCN(S(=O)(=O)c2cc(Cl)cc(CN)c2F)C1. The summed E-state index contributed by atoms with van der Waals surface area (Å²) in [4.78, 5) is -0.381. The van der Waals surface area contributed by atoms with Gasteiger partial charge < -0.3 is 5.73 Å². The van der Waals surface area contributed by atoms with E-state index in [1.165, 1.54) is 10.4 Å². The fraction of sp³-hybridized carbons (Fsp3) is 0.571. The highest BCUT2D eigenvalue weighted by Gasteiger charge is 2.36. The van der Waals surface area contributed by atoms with Gasteiger partial charge in [0.1, 0.15) is 10.7 Å². The van der Waals surface area contributed by atoms with Crippen LogP contribution in [0.2, 0.25) is 5.02 Å². The Morgan fingerprint density at radius 1 is 1.43 bits per heavy atom. The molecule has 1 fully saturated rings. The van der Waals surface area contributed by atoms with E-state index in [0.29, 0.717) is 13.1 Å². The number of sulfonamides is 1. The second kappa shape index (κ2) is 5.83. The van der Waals surface area contributed by atoms with Crippen molar-refractivity contribution in [3.8, 4) is 0 Å². The third kappa shape index (κ3) is 3.39. The van der Waals surface area contributed by atoms with Crippen LogP contribution in [0.3, 0.4) is 0 Å². The van der Waals surface area contributed by atoms with Crippen LogP contribution < -0.4 is 5.73 Å². The van der Waals surface area contributed by atoms with Crippen LogP contribution >= 0.6 is 11.6 Å². The van der Waals surface area contributed by atoms with Crippen molar-refractivity contribution in [3.05, 3.63) is 28.5 Å². The molecule has 0 atom stereocenters. The Balaban J connectivity index is 2.47. The highest BCUT2D eigenvalue weighted by Crippen LogP contribution is 2.33. The third-order valence-corrected chi connectivity index (χ3v) is 5.85. The number of halogens is 2. The Morgan fingerprint density at radius 3 is 2.67 bits per heavy atom. The Labute approximate surface area is 130 Å². The molecule has 7 heteroatoms. The molecular weight excluding hydrogens is 315 g/mol. The molecule has 1 aliphatic heterocycles. The summed E-state index contributed by atoms with van der Waals surface area (Å²) < 4.78 is 41.1. The van der Waals surface area contributed by atoms with Crippen molar-refractivity contribution >= 4 is 21.6 Å². The van der Waals surface area contributed by atoms with Crippen LogP contribution in [0.25, 0.3) is 0 Å². The van der Waals surface area contributed by atoms with E-state index in [0.717, 1.165) is 18.9 Å². The van der Waals surface area contributed by atoms with Gasteiger partial charge in [-0.05, 0) is 30.4 Å². The first kappa shape index (κ1) is 16.7. The van der Waals surface area contributed by atoms with Crippen LogP contribution in [-0.2, 0) is 16.6 Å². The van der Waals surface area contributed by atoms with E-state index in [2.05, 4.69) is 0 Å². The molecule has 2 rings (SSSR count). The minimum absolute atomic E-state index is 0.0968. The maximum atomic E-state index is 14.4. The fourth-order valence-corrected chi connectivity index (χ4v) is 4.77. The molecule has 0 amide bonds. The van der Waals surface area contributed by atoms with Gasteiger partial charge in [0.25, 0.3) is 0 Å². The topological polar surface area (TPSA) is 63.4 Å². The predicted octanol–water partition coefficient (Wildman–Crippen LogP) is 2.75. The summed E-state index contributed by atoms with van der Waals surface area (Å²) in [6.07, 6.45) is 1.71. The van der Waals surface area contributed by atoms with Gasteiger partial charge in [-0.1, -0.05) is 25.4 Å². The van der Waals surface area contributed by atoms with Gasteiger partial charge in [0, 0.05) is 30.2 Å². The van der Waals surface area contributed by atoms with Crippen LogP contribution in [0.1, 0.15) is 32.3 Å². The van der Waals surface area contributed by atoms with Crippen molar-refractivity contribution in [1.29, 1.82) is 0 Å². The minimum Gasteiger partial charge on any atom is -0.326 e. The molecule has 0 unspecified atom stereocenters. The van der Waals surface area contributed by atoms with Gasteiger partial charge in [-0.25, -0.2) is 12.8 Å². The highest BCUT2D eigenvalue weighted by atomic mass is 35.5. The largest absolute Gasteiger partial charge is 0.326 e. The molecule has 1 saturated heterocycles. The van der Waals surface area contributed by atoms with Gasteiger partial charge in [-0.3, -0.25) is 0 Å². The number of hydrogen-bond donors (Lipinski definition) is 1. The summed E-state index contributed by atoms with van der Waals surface area (Å²) in [6.45, 7) is 4.69. The van der Waals surface area contributed by atoms with Gasteiger partial charge in [0.2, 0.25) is 10.0 Å². The molecule has 4 nitrogen and oxygen atoms in total. The van der Waals surface area contributed by atoms with E-state index in [-0.39, 0.29) is 27.4 Å². The maximum Gasteiger partial charge on any atom is 0.246 e. The molecule has 0 spiro atoms. The number of hydrogen-bond acceptors (Lipinski definition) is 3. The first-order valence-corrected chi connectivity index (χ1v) is 8.67. The van der Waals surface area contributed by atoms with Crippen LogP contribution in [0.5, 0.6) is 0 Å². The van der Waals surface area contributed by atoms with Gasteiger partial charge in [0.05, 0.1) is 0 Å². The monoisotopic (exact) mass is 334 g/mol. The second-order valence-electron chi connectivity index (χ2n) is 6.19. The lowest BCUT2D eigenvalue weighted by Crippen LogP contribution is -2.43. The lowest BCUT2D eigenvalue weighted by atomic mass is 9.85. The standard InChI is InChI=1S/C14H20ClFN2O2S/c1-14(2)4-3-5-18(9-14)21(19,20)12-7-11(15)6-10(8-17)13(12)16/h6-7H,3-5,8-9,17H2,1-2H3. The molecule has 0 bridgehead atoms. The summed E-state index contributed by atoms with van der Waals surface area (Å²) in [7, 11) is -3.90. The summed E-state index contributed by atoms with van der Waals surface area (Å²) in [6, 6.07) is 2.52. The molecule has 0 aliphatic carbocycles. The molecule has 1 heterocycles. The van der Waals surface area contributed by atoms with Crippen molar-refractivity contribution in [2.24, 2.45) is 11.1 Å². The number of rotatable bonds is 3. The number of nitrogens with two attached hydrogens (primary N) is 1. The van der Waals surface area contributed by atoms with Crippen molar-refractivity contribution in [2.75, 3.05) is 13.1 Å². The average molecular weight is 335 g/mol. The van der Waals surface area contributed by atoms with Crippen molar-refractivity contribution in [2.45, 2.75) is 38.1 Å². The van der Waals surface area contributed by atoms with Crippen molar-refractivity contribution < 1.29 is 12.8 Å². The maximum absolute atomic E-state index is 14.4. The van der Waals surface area contributed by atoms with E-state index in [9.17, 15) is 12.8 Å². The second-order valence-corrected chi connectivity index (χ2v) is 8.53. The van der Waals surface area contributed by atoms with Crippen molar-refractivity contribution in [1.82, 2.24) is 4.31 Å². The lowest BCUT2D eigenvalue weighted by Gasteiger charge is -2.37. The van der Waals surface area contributed by atoms with E-state index >= 15 is 0 Å². The van der Waals surface area contributed by atoms with Gasteiger partial charge in [-0.2, -0.15) is 4.31 Å². The van der Waals surface area contributed by atoms with E-state index in [1.54, 1.807) is 0 Å². The molecule has 2 N–H and O–H groups in total. The normalized spacial score (nSPS) is 19.7. The molecular formula is C14H20ClFN2O2S. The molecule has 0 radical (unpaired) electrons. The Morgan fingerprint density at radius 2 is 2.10 bits per heavy atom. The van der Waals surface area contributed by atoms with E-state index < -0.39 is 15.8 Å². The third-order valence-electron chi connectivity index (χ3n) is 3.78. The first-order valence-electron chi connectivity index (χ1n) is 6.85. The number of piperidine rings is 1. The summed E-state index contributed by atoms with van der Waals surface area (Å²) in [5.74, 6) is -0.801. The first-order chi connectivity index (χ1) is 9.67. The predicted molar refractivity (Wildman–Crippen MR) is 81.1 cm³/mol. The summed E-state index contributed by atoms with van der Waals surface area (Å²) in [5.41, 5.74) is 5.44. The Kier molecular flexibility index (Phi) is 4.63. The Hall–Kier alpha value is -0.690. The smallest absolute Gasteiger partial charge is 0.246 e. The summed E-state index contributed by atoms with van der Waals surface area (Å²) >= 11 is 5.90. The van der Waals surface area contributed by atoms with Gasteiger partial charge in [-0.15, -0.1) is 0 Å². The van der Waals surface area contributed by atoms with Crippen LogP contribution in [-0.4, -0.2) is 25.8 Å². The van der Waals surface area contributed by atoms with Crippen LogP contribution in [0.4, 0.5) is 4.39 Å². The molecule has 118 valence electrons. The van der Waals surface area contributed by atoms with Crippen LogP contribution in [0.15, 0.2) is 17.0 Å². The van der Waals surface area contributed by atoms with E-state index in [4.69, 9.17) is 17.3 Å². The van der Waals surface area contributed by atoms with Crippen molar-refractivity contribution in [3.63, 3.8) is 0 Å². The van der Waals surface area contributed by atoms with Gasteiger partial charge >= 0.3 is 0 Å². The quantitative estimate of drug-likeness (QED) is 0.924. The highest BCUT2D eigenvalue weighted by molar-refractivity contribution is 7.89. The summed E-state index contributed by atoms with van der Waals surface area (Å²) in [5, 5.41) is 0.173. The number of nitrogens with zero attached hydrogens (tertiary/aromatic N) is 1. The molecule has 21 heavy (non-hydrogen) atoms. The molecule has 0 saturated carbocycles. The molecule has 0 aromatic heterocycles.